The third-order valence-electron chi connectivity index (χ3n) is 4.33. The summed E-state index contributed by atoms with van der Waals surface area (Å²) in [6, 6.07) is 13.7. The van der Waals surface area contributed by atoms with Crippen molar-refractivity contribution >= 4 is 11.6 Å². The number of benzene rings is 2. The summed E-state index contributed by atoms with van der Waals surface area (Å²) in [6.07, 6.45) is 3.83. The molecule has 2 aromatic carbocycles. The second-order valence-electron chi connectivity index (χ2n) is 5.57. The Hall–Kier alpha value is -1.51. The first-order chi connectivity index (χ1) is 10.1. The number of fused-ring (bicyclic) bond motifs is 1. The van der Waals surface area contributed by atoms with Gasteiger partial charge in [-0.05, 0) is 54.5 Å². The molecule has 3 rings (SSSR count). The second kappa shape index (κ2) is 5.70. The van der Waals surface area contributed by atoms with Crippen LogP contribution in [-0.2, 0) is 12.0 Å². The van der Waals surface area contributed by atoms with Gasteiger partial charge in [-0.1, -0.05) is 41.9 Å². The summed E-state index contributed by atoms with van der Waals surface area (Å²) in [4.78, 5) is 0. The monoisotopic (exact) mass is 302 g/mol. The van der Waals surface area contributed by atoms with Crippen molar-refractivity contribution in [2.24, 2.45) is 0 Å². The van der Waals surface area contributed by atoms with Gasteiger partial charge in [0.15, 0.2) is 0 Å². The Bertz CT molecular complexity index is 653. The number of aryl methyl sites for hydroxylation is 1. The van der Waals surface area contributed by atoms with Gasteiger partial charge in [-0.25, -0.2) is 0 Å². The van der Waals surface area contributed by atoms with E-state index < -0.39 is 5.60 Å². The van der Waals surface area contributed by atoms with E-state index in [0.717, 1.165) is 36.8 Å². The minimum atomic E-state index is -0.967. The molecule has 2 aromatic rings. The topological polar surface area (TPSA) is 29.5 Å². The molecule has 2 nitrogen and oxygen atoms in total. The van der Waals surface area contributed by atoms with Crippen LogP contribution in [0, 0.1) is 0 Å². The van der Waals surface area contributed by atoms with Crippen LogP contribution in [-0.4, -0.2) is 12.2 Å². The Morgan fingerprint density at radius 1 is 1.14 bits per heavy atom. The van der Waals surface area contributed by atoms with Gasteiger partial charge < -0.3 is 9.84 Å². The van der Waals surface area contributed by atoms with Gasteiger partial charge >= 0.3 is 0 Å². The molecule has 0 saturated heterocycles. The smallest absolute Gasteiger partial charge is 0.137 e. The van der Waals surface area contributed by atoms with E-state index in [9.17, 15) is 5.11 Å². The third kappa shape index (κ3) is 2.54. The van der Waals surface area contributed by atoms with Crippen molar-refractivity contribution < 1.29 is 9.84 Å². The maximum absolute atomic E-state index is 11.4. The molecule has 3 heteroatoms. The van der Waals surface area contributed by atoms with Crippen LogP contribution < -0.4 is 4.74 Å². The van der Waals surface area contributed by atoms with Gasteiger partial charge in [0.1, 0.15) is 11.4 Å². The van der Waals surface area contributed by atoms with Crippen LogP contribution in [0.2, 0.25) is 5.02 Å². The summed E-state index contributed by atoms with van der Waals surface area (Å²) in [5.74, 6) is 0.601. The van der Waals surface area contributed by atoms with E-state index in [4.69, 9.17) is 16.3 Å². The molecule has 0 heterocycles. The zero-order valence-electron chi connectivity index (χ0n) is 12.1. The molecule has 1 atom stereocenters. The van der Waals surface area contributed by atoms with Crippen LogP contribution in [0.1, 0.15) is 36.0 Å². The van der Waals surface area contributed by atoms with Gasteiger partial charge in [0.05, 0.1) is 12.1 Å². The van der Waals surface area contributed by atoms with Crippen molar-refractivity contribution in [3.8, 4) is 5.75 Å². The van der Waals surface area contributed by atoms with E-state index in [1.165, 1.54) is 5.56 Å². The quantitative estimate of drug-likeness (QED) is 0.838. The van der Waals surface area contributed by atoms with Crippen LogP contribution in [0.4, 0.5) is 0 Å². The normalized spacial score (nSPS) is 21.5. The Morgan fingerprint density at radius 2 is 1.95 bits per heavy atom. The zero-order valence-corrected chi connectivity index (χ0v) is 12.9. The van der Waals surface area contributed by atoms with Crippen LogP contribution in [0.25, 0.3) is 0 Å². The summed E-state index contributed by atoms with van der Waals surface area (Å²) >= 11 is 6.11. The lowest BCUT2D eigenvalue weighted by Crippen LogP contribution is -2.27. The second-order valence-corrected chi connectivity index (χ2v) is 5.98. The highest BCUT2D eigenvalue weighted by Gasteiger charge is 2.35. The molecule has 21 heavy (non-hydrogen) atoms. The minimum Gasteiger partial charge on any atom is -0.495 e. The van der Waals surface area contributed by atoms with Crippen LogP contribution >= 0.6 is 11.6 Å². The average Bonchev–Trinajstić information content (AvgIpc) is 2.68. The van der Waals surface area contributed by atoms with Gasteiger partial charge in [-0.2, -0.15) is 0 Å². The average molecular weight is 303 g/mol. The van der Waals surface area contributed by atoms with Gasteiger partial charge in [-0.3, -0.25) is 0 Å². The van der Waals surface area contributed by atoms with Gasteiger partial charge in [0.2, 0.25) is 0 Å². The first kappa shape index (κ1) is 14.4. The molecule has 1 aliphatic rings. The standard InChI is InChI=1S/C18H19ClO2/c1-21-17-12-14(9-10-16(17)19)18(20)11-5-4-7-13-6-2-3-8-15(13)18/h2-3,6,8-10,12,20H,4-5,7,11H2,1H3. The molecule has 0 spiro atoms. The molecular weight excluding hydrogens is 284 g/mol. The summed E-state index contributed by atoms with van der Waals surface area (Å²) in [5, 5.41) is 11.9. The van der Waals surface area contributed by atoms with Crippen LogP contribution in [0.3, 0.4) is 0 Å². The van der Waals surface area contributed by atoms with Crippen molar-refractivity contribution in [3.63, 3.8) is 0 Å². The molecule has 0 amide bonds. The molecule has 0 radical (unpaired) electrons. The molecule has 0 bridgehead atoms. The van der Waals surface area contributed by atoms with E-state index >= 15 is 0 Å². The Labute approximate surface area is 130 Å². The maximum atomic E-state index is 11.4. The molecule has 0 fully saturated rings. The number of aliphatic hydroxyl groups is 1. The highest BCUT2D eigenvalue weighted by Crippen LogP contribution is 2.41. The fourth-order valence-corrected chi connectivity index (χ4v) is 3.38. The van der Waals surface area contributed by atoms with Crippen LogP contribution in [0.5, 0.6) is 5.75 Å². The molecule has 1 unspecified atom stereocenters. The predicted molar refractivity (Wildman–Crippen MR) is 85.0 cm³/mol. The van der Waals surface area contributed by atoms with Gasteiger partial charge in [-0.15, -0.1) is 0 Å². The fourth-order valence-electron chi connectivity index (χ4n) is 3.19. The molecule has 1 aliphatic carbocycles. The number of hydrogen-bond donors (Lipinski definition) is 1. The van der Waals surface area contributed by atoms with Crippen molar-refractivity contribution in [2.45, 2.75) is 31.3 Å². The third-order valence-corrected chi connectivity index (χ3v) is 4.64. The number of methoxy groups -OCH3 is 1. The molecule has 0 saturated carbocycles. The van der Waals surface area contributed by atoms with Crippen molar-refractivity contribution in [3.05, 3.63) is 64.2 Å². The Kier molecular flexibility index (Phi) is 3.92. The molecule has 1 N–H and O–H groups in total. The molecule has 0 aromatic heterocycles. The van der Waals surface area contributed by atoms with Gasteiger partial charge in [0, 0.05) is 0 Å². The van der Waals surface area contributed by atoms with Crippen molar-refractivity contribution in [2.75, 3.05) is 7.11 Å². The van der Waals surface area contributed by atoms with E-state index in [-0.39, 0.29) is 0 Å². The van der Waals surface area contributed by atoms with Crippen LogP contribution in [0.15, 0.2) is 42.5 Å². The summed E-state index contributed by atoms with van der Waals surface area (Å²) in [6.45, 7) is 0. The number of ether oxygens (including phenoxy) is 1. The largest absolute Gasteiger partial charge is 0.495 e. The fraction of sp³-hybridized carbons (Fsp3) is 0.333. The lowest BCUT2D eigenvalue weighted by molar-refractivity contribution is 0.0702. The Balaban J connectivity index is 2.15. The SMILES string of the molecule is COc1cc(C2(O)CCCCc3ccccc32)ccc1Cl. The highest BCUT2D eigenvalue weighted by atomic mass is 35.5. The number of rotatable bonds is 2. The first-order valence-corrected chi connectivity index (χ1v) is 7.68. The zero-order chi connectivity index (χ0) is 14.9. The first-order valence-electron chi connectivity index (χ1n) is 7.30. The van der Waals surface area contributed by atoms with E-state index in [1.54, 1.807) is 13.2 Å². The maximum Gasteiger partial charge on any atom is 0.137 e. The number of hydrogen-bond acceptors (Lipinski definition) is 2. The van der Waals surface area contributed by atoms with Crippen molar-refractivity contribution in [1.29, 1.82) is 0 Å². The summed E-state index contributed by atoms with van der Waals surface area (Å²) in [5.41, 5.74) is 2.11. The molecule has 0 aliphatic heterocycles. The molecule has 110 valence electrons. The van der Waals surface area contributed by atoms with E-state index in [2.05, 4.69) is 6.07 Å². The van der Waals surface area contributed by atoms with Crippen molar-refractivity contribution in [1.82, 2.24) is 0 Å². The Morgan fingerprint density at radius 3 is 2.76 bits per heavy atom. The minimum absolute atomic E-state index is 0.562. The molecular formula is C18H19ClO2. The summed E-state index contributed by atoms with van der Waals surface area (Å²) < 4.78 is 5.30. The summed E-state index contributed by atoms with van der Waals surface area (Å²) in [7, 11) is 1.59. The highest BCUT2D eigenvalue weighted by molar-refractivity contribution is 6.32. The lowest BCUT2D eigenvalue weighted by Gasteiger charge is -2.30. The van der Waals surface area contributed by atoms with E-state index in [1.807, 2.05) is 30.3 Å². The predicted octanol–water partition coefficient (Wildman–Crippen LogP) is 4.31. The lowest BCUT2D eigenvalue weighted by atomic mass is 9.82. The number of halogens is 1. The van der Waals surface area contributed by atoms with Gasteiger partial charge in [0.25, 0.3) is 0 Å². The van der Waals surface area contributed by atoms with E-state index in [0.29, 0.717) is 10.8 Å².